The monoisotopic (exact) mass is 196 g/mol. The van der Waals surface area contributed by atoms with Crippen LogP contribution in [0.2, 0.25) is 0 Å². The maximum Gasteiger partial charge on any atom is 0.0122 e. The first kappa shape index (κ1) is 10.4. The summed E-state index contributed by atoms with van der Waals surface area (Å²) in [6, 6.07) is 1.71. The summed E-state index contributed by atoms with van der Waals surface area (Å²) >= 11 is 0. The summed E-state index contributed by atoms with van der Waals surface area (Å²) in [5, 5.41) is 3.46. The molecular formula is C12H24N2. The van der Waals surface area contributed by atoms with E-state index in [-0.39, 0.29) is 0 Å². The van der Waals surface area contributed by atoms with Crippen LogP contribution in [0.5, 0.6) is 0 Å². The summed E-state index contributed by atoms with van der Waals surface area (Å²) in [4.78, 5) is 2.79. The van der Waals surface area contributed by atoms with E-state index in [1.807, 2.05) is 0 Å². The molecule has 82 valence electrons. The highest BCUT2D eigenvalue weighted by Crippen LogP contribution is 2.22. The van der Waals surface area contributed by atoms with Crippen molar-refractivity contribution in [1.29, 1.82) is 0 Å². The normalized spacial score (nSPS) is 32.8. The van der Waals surface area contributed by atoms with Crippen LogP contribution in [-0.2, 0) is 0 Å². The zero-order valence-corrected chi connectivity index (χ0v) is 9.47. The van der Waals surface area contributed by atoms with Crippen molar-refractivity contribution in [3.8, 4) is 0 Å². The molecule has 2 nitrogen and oxygen atoms in total. The van der Waals surface area contributed by atoms with Crippen LogP contribution in [0.3, 0.4) is 0 Å². The van der Waals surface area contributed by atoms with Crippen LogP contribution in [-0.4, -0.2) is 36.6 Å². The van der Waals surface area contributed by atoms with Gasteiger partial charge in [-0.1, -0.05) is 12.8 Å². The molecule has 0 aromatic heterocycles. The molecule has 2 saturated heterocycles. The Hall–Kier alpha value is -0.0800. The highest BCUT2D eigenvalue weighted by molar-refractivity contribution is 4.82. The Morgan fingerprint density at radius 3 is 2.57 bits per heavy atom. The highest BCUT2D eigenvalue weighted by atomic mass is 15.2. The van der Waals surface area contributed by atoms with Gasteiger partial charge in [0.1, 0.15) is 0 Å². The first-order chi connectivity index (χ1) is 6.88. The van der Waals surface area contributed by atoms with Gasteiger partial charge in [0.15, 0.2) is 0 Å². The van der Waals surface area contributed by atoms with Crippen molar-refractivity contribution in [2.24, 2.45) is 0 Å². The van der Waals surface area contributed by atoms with Crippen molar-refractivity contribution in [2.75, 3.05) is 19.6 Å². The molecule has 2 fully saturated rings. The number of rotatable bonds is 1. The highest BCUT2D eigenvalue weighted by Gasteiger charge is 2.25. The fourth-order valence-electron chi connectivity index (χ4n) is 2.98. The average molecular weight is 196 g/mol. The average Bonchev–Trinajstić information content (AvgIpc) is 2.44. The number of hydrogen-bond donors (Lipinski definition) is 1. The van der Waals surface area contributed by atoms with E-state index in [2.05, 4.69) is 17.1 Å². The van der Waals surface area contributed by atoms with E-state index in [0.29, 0.717) is 0 Å². The van der Waals surface area contributed by atoms with Crippen LogP contribution >= 0.6 is 0 Å². The Balaban J connectivity index is 1.91. The lowest BCUT2D eigenvalue weighted by Gasteiger charge is -2.37. The molecule has 1 atom stereocenters. The van der Waals surface area contributed by atoms with Gasteiger partial charge in [-0.3, -0.25) is 4.90 Å². The second kappa shape index (κ2) is 5.13. The molecule has 1 N–H and O–H groups in total. The molecule has 0 saturated carbocycles. The van der Waals surface area contributed by atoms with Gasteiger partial charge in [-0.15, -0.1) is 0 Å². The second-order valence-electron chi connectivity index (χ2n) is 4.92. The van der Waals surface area contributed by atoms with E-state index < -0.39 is 0 Å². The Kier molecular flexibility index (Phi) is 3.82. The first-order valence-corrected chi connectivity index (χ1v) is 6.34. The quantitative estimate of drug-likeness (QED) is 0.690. The lowest BCUT2D eigenvalue weighted by Crippen LogP contribution is -2.46. The van der Waals surface area contributed by atoms with Gasteiger partial charge in [0, 0.05) is 12.1 Å². The maximum absolute atomic E-state index is 3.46. The standard InChI is InChI=1S/C12H24N2/c1-11-5-3-2-4-10-14(11)12-6-8-13-9-7-12/h11-13H,2-10H2,1H3. The van der Waals surface area contributed by atoms with Gasteiger partial charge < -0.3 is 5.32 Å². The van der Waals surface area contributed by atoms with Crippen LogP contribution in [0.15, 0.2) is 0 Å². The molecule has 2 heteroatoms. The minimum Gasteiger partial charge on any atom is -0.317 e. The lowest BCUT2D eigenvalue weighted by molar-refractivity contribution is 0.120. The molecule has 0 amide bonds. The lowest BCUT2D eigenvalue weighted by atomic mass is 10.0. The van der Waals surface area contributed by atoms with E-state index >= 15 is 0 Å². The number of nitrogens with one attached hydrogen (secondary N) is 1. The molecule has 2 aliphatic heterocycles. The third kappa shape index (κ3) is 2.48. The smallest absolute Gasteiger partial charge is 0.0122 e. The minimum atomic E-state index is 0.834. The Labute approximate surface area is 88.1 Å². The number of piperidine rings is 1. The molecule has 14 heavy (non-hydrogen) atoms. The zero-order chi connectivity index (χ0) is 9.80. The second-order valence-corrected chi connectivity index (χ2v) is 4.92. The van der Waals surface area contributed by atoms with Crippen molar-refractivity contribution < 1.29 is 0 Å². The molecule has 0 radical (unpaired) electrons. The zero-order valence-electron chi connectivity index (χ0n) is 9.47. The van der Waals surface area contributed by atoms with Crippen LogP contribution in [0.1, 0.15) is 45.4 Å². The first-order valence-electron chi connectivity index (χ1n) is 6.34. The van der Waals surface area contributed by atoms with E-state index in [9.17, 15) is 0 Å². The van der Waals surface area contributed by atoms with Crippen molar-refractivity contribution in [1.82, 2.24) is 10.2 Å². The van der Waals surface area contributed by atoms with Gasteiger partial charge in [-0.25, -0.2) is 0 Å². The van der Waals surface area contributed by atoms with Crippen LogP contribution in [0, 0.1) is 0 Å². The fourth-order valence-corrected chi connectivity index (χ4v) is 2.98. The van der Waals surface area contributed by atoms with Crippen molar-refractivity contribution in [2.45, 2.75) is 57.5 Å². The molecule has 0 spiro atoms. The molecule has 0 aliphatic carbocycles. The van der Waals surface area contributed by atoms with Crippen molar-refractivity contribution >= 4 is 0 Å². The molecule has 0 aromatic rings. The number of likely N-dealkylation sites (tertiary alicyclic amines) is 1. The molecule has 1 unspecified atom stereocenters. The minimum absolute atomic E-state index is 0.834. The maximum atomic E-state index is 3.46. The van der Waals surface area contributed by atoms with Gasteiger partial charge >= 0.3 is 0 Å². The molecule has 2 rings (SSSR count). The molecule has 0 aromatic carbocycles. The number of nitrogens with zero attached hydrogens (tertiary/aromatic N) is 1. The topological polar surface area (TPSA) is 15.3 Å². The van der Waals surface area contributed by atoms with E-state index in [1.54, 1.807) is 0 Å². The largest absolute Gasteiger partial charge is 0.317 e. The molecule has 0 bridgehead atoms. The Bertz CT molecular complexity index is 164. The van der Waals surface area contributed by atoms with Crippen LogP contribution < -0.4 is 5.32 Å². The van der Waals surface area contributed by atoms with Crippen molar-refractivity contribution in [3.05, 3.63) is 0 Å². The van der Waals surface area contributed by atoms with Crippen LogP contribution in [0.25, 0.3) is 0 Å². The summed E-state index contributed by atoms with van der Waals surface area (Å²) in [6.07, 6.45) is 8.47. The fraction of sp³-hybridized carbons (Fsp3) is 1.00. The van der Waals surface area contributed by atoms with E-state index in [1.165, 1.54) is 58.2 Å². The summed E-state index contributed by atoms with van der Waals surface area (Å²) < 4.78 is 0. The molecular weight excluding hydrogens is 172 g/mol. The summed E-state index contributed by atoms with van der Waals surface area (Å²) in [6.45, 7) is 6.24. The summed E-state index contributed by atoms with van der Waals surface area (Å²) in [7, 11) is 0. The van der Waals surface area contributed by atoms with Gasteiger partial charge in [0.2, 0.25) is 0 Å². The summed E-state index contributed by atoms with van der Waals surface area (Å²) in [5.41, 5.74) is 0. The molecule has 2 heterocycles. The van der Waals surface area contributed by atoms with Crippen molar-refractivity contribution in [3.63, 3.8) is 0 Å². The van der Waals surface area contributed by atoms with Gasteiger partial charge in [0.05, 0.1) is 0 Å². The number of hydrogen-bond acceptors (Lipinski definition) is 2. The SMILES string of the molecule is CC1CCCCCN1C1CCNCC1. The third-order valence-electron chi connectivity index (χ3n) is 3.88. The van der Waals surface area contributed by atoms with E-state index in [0.717, 1.165) is 12.1 Å². The van der Waals surface area contributed by atoms with Crippen LogP contribution in [0.4, 0.5) is 0 Å². The molecule has 2 aliphatic rings. The predicted molar refractivity (Wildman–Crippen MR) is 60.5 cm³/mol. The van der Waals surface area contributed by atoms with Gasteiger partial charge in [-0.05, 0) is 52.2 Å². The Morgan fingerprint density at radius 2 is 1.79 bits per heavy atom. The predicted octanol–water partition coefficient (Wildman–Crippen LogP) is 2.00. The van der Waals surface area contributed by atoms with E-state index in [4.69, 9.17) is 0 Å². The van der Waals surface area contributed by atoms with Gasteiger partial charge in [-0.2, -0.15) is 0 Å². The summed E-state index contributed by atoms with van der Waals surface area (Å²) in [5.74, 6) is 0. The third-order valence-corrected chi connectivity index (χ3v) is 3.88. The Morgan fingerprint density at radius 1 is 1.00 bits per heavy atom. The van der Waals surface area contributed by atoms with Gasteiger partial charge in [0.25, 0.3) is 0 Å².